The van der Waals surface area contributed by atoms with Crippen LogP contribution in [-0.2, 0) is 18.0 Å². The van der Waals surface area contributed by atoms with Crippen LogP contribution in [0.5, 0.6) is 5.75 Å². The second-order valence-electron chi connectivity index (χ2n) is 6.34. The molecule has 5 heteroatoms. The van der Waals surface area contributed by atoms with E-state index in [0.29, 0.717) is 13.2 Å². The molecule has 0 atom stereocenters. The minimum absolute atomic E-state index is 0.000689. The molecule has 0 fully saturated rings. The lowest BCUT2D eigenvalue weighted by Crippen LogP contribution is -1.95. The second-order valence-corrected chi connectivity index (χ2v) is 6.34. The number of aryl methyl sites for hydroxylation is 1. The Labute approximate surface area is 161 Å². The van der Waals surface area contributed by atoms with Crippen molar-refractivity contribution < 1.29 is 22.6 Å². The van der Waals surface area contributed by atoms with Crippen molar-refractivity contribution in [3.05, 3.63) is 102 Å². The molecule has 0 aliphatic carbocycles. The lowest BCUT2D eigenvalue weighted by Gasteiger charge is -2.08. The van der Waals surface area contributed by atoms with Gasteiger partial charge in [-0.3, -0.25) is 0 Å². The summed E-state index contributed by atoms with van der Waals surface area (Å²) in [6.45, 7) is 2.84. The van der Waals surface area contributed by atoms with E-state index in [4.69, 9.17) is 4.74 Å². The monoisotopic (exact) mass is 384 g/mol. The molecule has 0 aliphatic heterocycles. The maximum atomic E-state index is 12.7. The molecular formula is C23H19F3O2. The Balaban J connectivity index is 1.51. The van der Waals surface area contributed by atoms with Gasteiger partial charge in [0.1, 0.15) is 5.75 Å². The van der Waals surface area contributed by atoms with Crippen LogP contribution in [0, 0.1) is 6.92 Å². The van der Waals surface area contributed by atoms with Gasteiger partial charge < -0.3 is 9.47 Å². The zero-order valence-corrected chi connectivity index (χ0v) is 15.3. The van der Waals surface area contributed by atoms with Crippen molar-refractivity contribution in [3.63, 3.8) is 0 Å². The molecule has 3 rings (SSSR count). The third-order valence-corrected chi connectivity index (χ3v) is 4.16. The van der Waals surface area contributed by atoms with Gasteiger partial charge in [0, 0.05) is 0 Å². The molecule has 0 aliphatic rings. The van der Waals surface area contributed by atoms with Crippen molar-refractivity contribution in [2.75, 3.05) is 0 Å². The van der Waals surface area contributed by atoms with Crippen LogP contribution in [0.1, 0.15) is 16.7 Å². The molecule has 0 saturated heterocycles. The number of ether oxygens (including phenoxy) is 2. The Bertz CT molecular complexity index is 927. The quantitative estimate of drug-likeness (QED) is 0.417. The first-order chi connectivity index (χ1) is 13.5. The molecule has 0 N–H and O–H groups in total. The highest BCUT2D eigenvalue weighted by molar-refractivity contribution is 5.63. The van der Waals surface area contributed by atoms with Crippen LogP contribution in [0.25, 0.3) is 11.1 Å². The Kier molecular flexibility index (Phi) is 6.50. The molecule has 0 spiro atoms. The highest BCUT2D eigenvalue weighted by Gasteiger charge is 2.07. The Morgan fingerprint density at radius 1 is 0.679 bits per heavy atom. The summed E-state index contributed by atoms with van der Waals surface area (Å²) >= 11 is 0. The van der Waals surface area contributed by atoms with Crippen molar-refractivity contribution in [2.45, 2.75) is 20.1 Å². The minimum atomic E-state index is -2.49. The smallest absolute Gasteiger partial charge is 0.344 e. The van der Waals surface area contributed by atoms with Gasteiger partial charge in [0.2, 0.25) is 0 Å². The number of benzene rings is 3. The molecule has 28 heavy (non-hydrogen) atoms. The van der Waals surface area contributed by atoms with Gasteiger partial charge in [0.15, 0.2) is 0 Å². The first kappa shape index (κ1) is 19.7. The SMILES string of the molecule is Cc1ccc(-c2ccc(COCc3ccc(OC(F)=C(F)F)cc3)cc2)cc1. The molecule has 3 aromatic carbocycles. The summed E-state index contributed by atoms with van der Waals surface area (Å²) in [4.78, 5) is 0. The Morgan fingerprint density at radius 2 is 1.14 bits per heavy atom. The fraction of sp³-hybridized carbons (Fsp3) is 0.130. The highest BCUT2D eigenvalue weighted by Crippen LogP contribution is 2.21. The molecular weight excluding hydrogens is 365 g/mol. The van der Waals surface area contributed by atoms with Gasteiger partial charge in [-0.15, -0.1) is 0 Å². The molecule has 3 aromatic rings. The average Bonchev–Trinajstić information content (AvgIpc) is 2.70. The predicted molar refractivity (Wildman–Crippen MR) is 103 cm³/mol. The lowest BCUT2D eigenvalue weighted by molar-refractivity contribution is 0.107. The first-order valence-corrected chi connectivity index (χ1v) is 8.72. The molecule has 0 heterocycles. The minimum Gasteiger partial charge on any atom is -0.428 e. The fourth-order valence-electron chi connectivity index (χ4n) is 2.62. The van der Waals surface area contributed by atoms with Gasteiger partial charge in [-0.05, 0) is 41.3 Å². The summed E-state index contributed by atoms with van der Waals surface area (Å²) in [6, 6.07) is 20.7. The van der Waals surface area contributed by atoms with Gasteiger partial charge in [-0.2, -0.15) is 13.2 Å². The fourth-order valence-corrected chi connectivity index (χ4v) is 2.62. The van der Waals surface area contributed by atoms with Crippen molar-refractivity contribution >= 4 is 0 Å². The molecule has 0 amide bonds. The third kappa shape index (κ3) is 5.47. The van der Waals surface area contributed by atoms with E-state index in [1.807, 2.05) is 12.1 Å². The van der Waals surface area contributed by atoms with Crippen molar-refractivity contribution in [1.82, 2.24) is 0 Å². The van der Waals surface area contributed by atoms with E-state index in [0.717, 1.165) is 16.7 Å². The van der Waals surface area contributed by atoms with Crippen LogP contribution in [0.4, 0.5) is 13.2 Å². The molecule has 2 nitrogen and oxygen atoms in total. The molecule has 0 radical (unpaired) electrons. The number of hydrogen-bond acceptors (Lipinski definition) is 2. The van der Waals surface area contributed by atoms with Crippen LogP contribution in [0.15, 0.2) is 84.9 Å². The van der Waals surface area contributed by atoms with Gasteiger partial charge in [-0.25, -0.2) is 0 Å². The molecule has 0 saturated carbocycles. The highest BCUT2D eigenvalue weighted by atomic mass is 19.3. The van der Waals surface area contributed by atoms with E-state index >= 15 is 0 Å². The summed E-state index contributed by atoms with van der Waals surface area (Å²) in [5.74, 6) is 0.000689. The van der Waals surface area contributed by atoms with Gasteiger partial charge in [-0.1, -0.05) is 66.2 Å². The van der Waals surface area contributed by atoms with Crippen LogP contribution >= 0.6 is 0 Å². The Hall–Kier alpha value is -3.05. The summed E-state index contributed by atoms with van der Waals surface area (Å²) in [7, 11) is 0. The van der Waals surface area contributed by atoms with Crippen LogP contribution in [0.3, 0.4) is 0 Å². The summed E-state index contributed by atoms with van der Waals surface area (Å²) in [5.41, 5.74) is 5.41. The predicted octanol–water partition coefficient (Wildman–Crippen LogP) is 6.79. The summed E-state index contributed by atoms with van der Waals surface area (Å²) in [5, 5.41) is 0. The number of rotatable bonds is 7. The maximum Gasteiger partial charge on any atom is 0.344 e. The normalized spacial score (nSPS) is 10.6. The molecule has 0 bridgehead atoms. The van der Waals surface area contributed by atoms with E-state index in [-0.39, 0.29) is 5.75 Å². The van der Waals surface area contributed by atoms with Crippen molar-refractivity contribution in [2.24, 2.45) is 0 Å². The second kappa shape index (κ2) is 9.24. The van der Waals surface area contributed by atoms with Gasteiger partial charge in [0.25, 0.3) is 0 Å². The topological polar surface area (TPSA) is 18.5 Å². The first-order valence-electron chi connectivity index (χ1n) is 8.72. The van der Waals surface area contributed by atoms with E-state index in [2.05, 4.69) is 48.1 Å². The van der Waals surface area contributed by atoms with Crippen LogP contribution in [-0.4, -0.2) is 0 Å². The zero-order valence-electron chi connectivity index (χ0n) is 15.3. The molecule has 0 unspecified atom stereocenters. The van der Waals surface area contributed by atoms with E-state index in [1.54, 1.807) is 12.1 Å². The maximum absolute atomic E-state index is 12.7. The van der Waals surface area contributed by atoms with Gasteiger partial charge in [0.05, 0.1) is 13.2 Å². The third-order valence-electron chi connectivity index (χ3n) is 4.16. The number of halogens is 3. The molecule has 0 aromatic heterocycles. The van der Waals surface area contributed by atoms with Crippen molar-refractivity contribution in [1.29, 1.82) is 0 Å². The van der Waals surface area contributed by atoms with E-state index < -0.39 is 12.1 Å². The number of hydrogen-bond donors (Lipinski definition) is 0. The molecule has 144 valence electrons. The largest absolute Gasteiger partial charge is 0.428 e. The lowest BCUT2D eigenvalue weighted by atomic mass is 10.0. The van der Waals surface area contributed by atoms with Crippen molar-refractivity contribution in [3.8, 4) is 16.9 Å². The van der Waals surface area contributed by atoms with E-state index in [1.165, 1.54) is 23.3 Å². The standard InChI is InChI=1S/C23H19F3O2/c1-16-2-8-19(9-3-16)20-10-4-17(5-11-20)14-27-15-18-6-12-21(13-7-18)28-23(26)22(24)25/h2-13H,14-15H2,1H3. The summed E-state index contributed by atoms with van der Waals surface area (Å²) in [6.07, 6.45) is -2.49. The average molecular weight is 384 g/mol. The van der Waals surface area contributed by atoms with Gasteiger partial charge >= 0.3 is 12.1 Å². The zero-order chi connectivity index (χ0) is 19.9. The van der Waals surface area contributed by atoms with E-state index in [9.17, 15) is 13.2 Å². The van der Waals surface area contributed by atoms with Crippen LogP contribution in [0.2, 0.25) is 0 Å². The van der Waals surface area contributed by atoms with Crippen LogP contribution < -0.4 is 4.74 Å². The Morgan fingerprint density at radius 3 is 1.64 bits per heavy atom. The summed E-state index contributed by atoms with van der Waals surface area (Å²) < 4.78 is 46.8.